The fourth-order valence-electron chi connectivity index (χ4n) is 3.09. The normalized spacial score (nSPS) is 16.9. The van der Waals surface area contributed by atoms with Gasteiger partial charge in [-0.25, -0.2) is 0 Å². The van der Waals surface area contributed by atoms with Crippen molar-refractivity contribution in [1.29, 1.82) is 0 Å². The van der Waals surface area contributed by atoms with Crippen LogP contribution in [0.25, 0.3) is 0 Å². The predicted molar refractivity (Wildman–Crippen MR) is 96.1 cm³/mol. The van der Waals surface area contributed by atoms with Crippen molar-refractivity contribution in [2.45, 2.75) is 19.4 Å². The van der Waals surface area contributed by atoms with Gasteiger partial charge in [0.25, 0.3) is 5.56 Å². The largest absolute Gasteiger partial charge is 0.480 e. The molecule has 0 spiro atoms. The Bertz CT molecular complexity index is 850. The summed E-state index contributed by atoms with van der Waals surface area (Å²) in [4.78, 5) is 41.3. The summed E-state index contributed by atoms with van der Waals surface area (Å²) in [6.45, 7) is 1.02. The van der Waals surface area contributed by atoms with Crippen LogP contribution in [0.1, 0.15) is 12.8 Å². The van der Waals surface area contributed by atoms with Crippen LogP contribution >= 0.6 is 0 Å². The number of hydrogen-bond donors (Lipinski definition) is 2. The van der Waals surface area contributed by atoms with E-state index in [1.807, 2.05) is 12.1 Å². The van der Waals surface area contributed by atoms with Crippen molar-refractivity contribution < 1.29 is 14.7 Å². The van der Waals surface area contributed by atoms with Gasteiger partial charge in [0, 0.05) is 31.5 Å². The first-order valence-electron chi connectivity index (χ1n) is 8.41. The molecule has 1 saturated heterocycles. The van der Waals surface area contributed by atoms with E-state index in [-0.39, 0.29) is 11.8 Å². The first-order valence-corrected chi connectivity index (χ1v) is 8.41. The zero-order valence-corrected chi connectivity index (χ0v) is 14.2. The van der Waals surface area contributed by atoms with Crippen LogP contribution in [0.3, 0.4) is 0 Å². The molecule has 0 radical (unpaired) electrons. The molecule has 0 unspecified atom stereocenters. The van der Waals surface area contributed by atoms with E-state index in [0.717, 1.165) is 29.6 Å². The van der Waals surface area contributed by atoms with Crippen LogP contribution in [-0.4, -0.2) is 39.6 Å². The zero-order valence-electron chi connectivity index (χ0n) is 14.2. The number of aliphatic carboxylic acids is 1. The van der Waals surface area contributed by atoms with E-state index in [1.165, 1.54) is 18.3 Å². The molecule has 0 bridgehead atoms. The summed E-state index contributed by atoms with van der Waals surface area (Å²) in [5, 5.41) is 11.6. The van der Waals surface area contributed by atoms with Crippen molar-refractivity contribution in [3.05, 3.63) is 53.2 Å². The monoisotopic (exact) mass is 356 g/mol. The summed E-state index contributed by atoms with van der Waals surface area (Å²) in [6.07, 6.45) is 6.52. The summed E-state index contributed by atoms with van der Waals surface area (Å²) in [7, 11) is 0. The third-order valence-corrected chi connectivity index (χ3v) is 4.36. The molecule has 2 aromatic rings. The average molecular weight is 356 g/mol. The van der Waals surface area contributed by atoms with Gasteiger partial charge in [-0.15, -0.1) is 0 Å². The summed E-state index contributed by atoms with van der Waals surface area (Å²) >= 11 is 0. The highest BCUT2D eigenvalue weighted by molar-refractivity contribution is 5.92. The molecule has 2 N–H and O–H groups in total. The number of aromatic nitrogens is 2. The van der Waals surface area contributed by atoms with Crippen molar-refractivity contribution in [2.75, 3.05) is 23.3 Å². The van der Waals surface area contributed by atoms with E-state index in [2.05, 4.69) is 15.2 Å². The molecule has 3 rings (SSSR count). The number of carbonyl (C=O) groups is 2. The Morgan fingerprint density at radius 1 is 1.31 bits per heavy atom. The number of carboxylic acids is 1. The third-order valence-electron chi connectivity index (χ3n) is 4.36. The molecule has 1 amide bonds. The maximum atomic E-state index is 12.6. The predicted octanol–water partition coefficient (Wildman–Crippen LogP) is 1.18. The van der Waals surface area contributed by atoms with Crippen LogP contribution in [0, 0.1) is 5.92 Å². The van der Waals surface area contributed by atoms with Crippen LogP contribution in [0.5, 0.6) is 0 Å². The topological polar surface area (TPSA) is 105 Å². The lowest BCUT2D eigenvalue weighted by atomic mass is 9.96. The van der Waals surface area contributed by atoms with E-state index in [1.54, 1.807) is 12.4 Å². The second kappa shape index (κ2) is 7.81. The van der Waals surface area contributed by atoms with E-state index in [0.29, 0.717) is 12.2 Å². The molecule has 1 fully saturated rings. The van der Waals surface area contributed by atoms with Gasteiger partial charge in [-0.1, -0.05) is 0 Å². The highest BCUT2D eigenvalue weighted by Crippen LogP contribution is 2.23. The molecule has 1 atom stereocenters. The fraction of sp³-hybridized carbons (Fsp3) is 0.333. The number of rotatable bonds is 5. The smallest absolute Gasteiger partial charge is 0.323 e. The van der Waals surface area contributed by atoms with Crippen molar-refractivity contribution in [3.63, 3.8) is 0 Å². The highest BCUT2D eigenvalue weighted by Gasteiger charge is 2.26. The second-order valence-electron chi connectivity index (χ2n) is 6.26. The van der Waals surface area contributed by atoms with Gasteiger partial charge in [0.15, 0.2) is 0 Å². The quantitative estimate of drug-likeness (QED) is 0.834. The van der Waals surface area contributed by atoms with Crippen LogP contribution < -0.4 is 15.8 Å². The van der Waals surface area contributed by atoms with Crippen LogP contribution in [0.4, 0.5) is 11.4 Å². The Morgan fingerprint density at radius 3 is 2.88 bits per heavy atom. The molecule has 2 aromatic heterocycles. The first kappa shape index (κ1) is 17.7. The van der Waals surface area contributed by atoms with Gasteiger partial charge in [-0.05, 0) is 31.0 Å². The molecule has 1 aliphatic heterocycles. The number of pyridine rings is 2. The SMILES string of the molecule is O=C(O)Cn1cc(NC(=O)[C@H]2CCCN(c3cccnc3)C2)ccc1=O. The van der Waals surface area contributed by atoms with Crippen molar-refractivity contribution in [2.24, 2.45) is 5.92 Å². The molecule has 8 heteroatoms. The molecule has 136 valence electrons. The van der Waals surface area contributed by atoms with Gasteiger partial charge in [0.2, 0.25) is 5.91 Å². The molecule has 3 heterocycles. The summed E-state index contributed by atoms with van der Waals surface area (Å²) in [5.74, 6) is -1.45. The number of piperidine rings is 1. The van der Waals surface area contributed by atoms with Gasteiger partial charge in [0.1, 0.15) is 6.54 Å². The van der Waals surface area contributed by atoms with Crippen molar-refractivity contribution in [3.8, 4) is 0 Å². The lowest BCUT2D eigenvalue weighted by molar-refractivity contribution is -0.137. The number of carboxylic acid groups (broad SMARTS) is 1. The molecule has 0 aromatic carbocycles. The maximum Gasteiger partial charge on any atom is 0.323 e. The maximum absolute atomic E-state index is 12.6. The Kier molecular flexibility index (Phi) is 5.31. The Balaban J connectivity index is 1.68. The van der Waals surface area contributed by atoms with Gasteiger partial charge in [-0.3, -0.25) is 19.4 Å². The number of carbonyl (C=O) groups excluding carboxylic acids is 1. The standard InChI is InChI=1S/C18H20N4O4/c23-16-6-5-14(11-22(16)12-17(24)25)20-18(26)13-3-2-8-21(10-13)15-4-1-7-19-9-15/h1,4-7,9,11,13H,2-3,8,10,12H2,(H,20,26)(H,24,25)/t13-/m0/s1. The van der Waals surface area contributed by atoms with Gasteiger partial charge >= 0.3 is 5.97 Å². The molecular weight excluding hydrogens is 336 g/mol. The average Bonchev–Trinajstić information content (AvgIpc) is 2.65. The first-order chi connectivity index (χ1) is 12.5. The van der Waals surface area contributed by atoms with E-state index in [4.69, 9.17) is 5.11 Å². The summed E-state index contributed by atoms with van der Waals surface area (Å²) < 4.78 is 1.06. The van der Waals surface area contributed by atoms with Crippen molar-refractivity contribution >= 4 is 23.3 Å². The van der Waals surface area contributed by atoms with Gasteiger partial charge < -0.3 is 19.9 Å². The summed E-state index contributed by atoms with van der Waals surface area (Å²) in [5.41, 5.74) is 0.972. The summed E-state index contributed by atoms with van der Waals surface area (Å²) in [6, 6.07) is 6.57. The van der Waals surface area contributed by atoms with Crippen molar-refractivity contribution in [1.82, 2.24) is 9.55 Å². The Morgan fingerprint density at radius 2 is 2.15 bits per heavy atom. The number of anilines is 2. The van der Waals surface area contributed by atoms with E-state index in [9.17, 15) is 14.4 Å². The minimum atomic E-state index is -1.12. The van der Waals surface area contributed by atoms with Gasteiger partial charge in [0.05, 0.1) is 23.5 Å². The lowest BCUT2D eigenvalue weighted by Crippen LogP contribution is -2.40. The Labute approximate surface area is 150 Å². The number of nitrogens with one attached hydrogen (secondary N) is 1. The second-order valence-corrected chi connectivity index (χ2v) is 6.26. The molecular formula is C18H20N4O4. The minimum Gasteiger partial charge on any atom is -0.480 e. The Hall–Kier alpha value is -3.16. The third kappa shape index (κ3) is 4.27. The molecule has 8 nitrogen and oxygen atoms in total. The number of nitrogens with zero attached hydrogens (tertiary/aromatic N) is 3. The van der Waals surface area contributed by atoms with Gasteiger partial charge in [-0.2, -0.15) is 0 Å². The van der Waals surface area contributed by atoms with Crippen LogP contribution in [0.15, 0.2) is 47.7 Å². The zero-order chi connectivity index (χ0) is 18.5. The van der Waals surface area contributed by atoms with Crippen LogP contribution in [0.2, 0.25) is 0 Å². The number of amides is 1. The molecule has 0 aliphatic carbocycles. The number of hydrogen-bond acceptors (Lipinski definition) is 5. The minimum absolute atomic E-state index is 0.140. The molecule has 1 aliphatic rings. The van der Waals surface area contributed by atoms with E-state index >= 15 is 0 Å². The lowest BCUT2D eigenvalue weighted by Gasteiger charge is -2.33. The highest BCUT2D eigenvalue weighted by atomic mass is 16.4. The fourth-order valence-corrected chi connectivity index (χ4v) is 3.09. The van der Waals surface area contributed by atoms with E-state index < -0.39 is 18.1 Å². The molecule has 26 heavy (non-hydrogen) atoms. The molecule has 0 saturated carbocycles. The van der Waals surface area contributed by atoms with Crippen LogP contribution in [-0.2, 0) is 16.1 Å².